The number of hydrogen-bond acceptors (Lipinski definition) is 3. The molecular formula is C14H22Cl2N2O. The van der Waals surface area contributed by atoms with Crippen LogP contribution in [0.4, 0.5) is 0 Å². The van der Waals surface area contributed by atoms with Gasteiger partial charge in [0.05, 0.1) is 5.02 Å². The van der Waals surface area contributed by atoms with E-state index in [-0.39, 0.29) is 12.4 Å². The zero-order valence-electron chi connectivity index (χ0n) is 11.2. The number of nitrogens with two attached hydrogens (primary N) is 1. The van der Waals surface area contributed by atoms with Crippen LogP contribution in [0.5, 0.6) is 5.75 Å². The largest absolute Gasteiger partial charge is 0.491 e. The third kappa shape index (κ3) is 4.84. The first kappa shape index (κ1) is 16.6. The molecule has 3 nitrogen and oxygen atoms in total. The molecule has 2 atom stereocenters. The number of ether oxygens (including phenoxy) is 1. The van der Waals surface area contributed by atoms with Gasteiger partial charge in [0.25, 0.3) is 0 Å². The Morgan fingerprint density at radius 1 is 1.42 bits per heavy atom. The molecule has 0 aromatic heterocycles. The summed E-state index contributed by atoms with van der Waals surface area (Å²) in [7, 11) is 0. The fraction of sp³-hybridized carbons (Fsp3) is 0.571. The number of rotatable bonds is 4. The van der Waals surface area contributed by atoms with Gasteiger partial charge in [-0.25, -0.2) is 0 Å². The number of likely N-dealkylation sites (tertiary alicyclic amines) is 1. The van der Waals surface area contributed by atoms with Crippen molar-refractivity contribution in [3.63, 3.8) is 0 Å². The van der Waals surface area contributed by atoms with E-state index < -0.39 is 0 Å². The van der Waals surface area contributed by atoms with Crippen LogP contribution in [0, 0.1) is 5.92 Å². The second kappa shape index (κ2) is 7.95. The van der Waals surface area contributed by atoms with Gasteiger partial charge in [0.15, 0.2) is 0 Å². The average molecular weight is 305 g/mol. The molecule has 5 heteroatoms. The Labute approximate surface area is 126 Å². The molecule has 1 saturated heterocycles. The molecule has 0 bridgehead atoms. The lowest BCUT2D eigenvalue weighted by molar-refractivity contribution is 0.140. The van der Waals surface area contributed by atoms with Crippen LogP contribution in [0.2, 0.25) is 5.02 Å². The van der Waals surface area contributed by atoms with Gasteiger partial charge >= 0.3 is 0 Å². The molecule has 0 saturated carbocycles. The SMILES string of the molecule is CC1CN(CCOc2ccccc2Cl)CCC1N.Cl. The molecule has 1 heterocycles. The molecule has 19 heavy (non-hydrogen) atoms. The summed E-state index contributed by atoms with van der Waals surface area (Å²) in [5.41, 5.74) is 6.00. The van der Waals surface area contributed by atoms with Crippen molar-refractivity contribution in [1.82, 2.24) is 4.90 Å². The molecule has 1 aromatic carbocycles. The molecule has 0 aliphatic carbocycles. The zero-order chi connectivity index (χ0) is 13.0. The fourth-order valence-corrected chi connectivity index (χ4v) is 2.49. The maximum atomic E-state index is 6.03. The maximum Gasteiger partial charge on any atom is 0.137 e. The molecule has 1 fully saturated rings. The van der Waals surface area contributed by atoms with Crippen molar-refractivity contribution in [2.24, 2.45) is 11.7 Å². The van der Waals surface area contributed by atoms with Gasteiger partial charge < -0.3 is 10.5 Å². The highest BCUT2D eigenvalue weighted by molar-refractivity contribution is 6.32. The summed E-state index contributed by atoms with van der Waals surface area (Å²) in [5, 5.41) is 0.673. The molecule has 0 radical (unpaired) electrons. The summed E-state index contributed by atoms with van der Waals surface area (Å²) in [6.07, 6.45) is 1.08. The van der Waals surface area contributed by atoms with Crippen molar-refractivity contribution in [3.05, 3.63) is 29.3 Å². The summed E-state index contributed by atoms with van der Waals surface area (Å²) in [6.45, 7) is 5.95. The second-order valence-corrected chi connectivity index (χ2v) is 5.42. The van der Waals surface area contributed by atoms with Crippen molar-refractivity contribution in [3.8, 4) is 5.75 Å². The first-order chi connectivity index (χ1) is 8.66. The molecule has 2 rings (SSSR count). The van der Waals surface area contributed by atoms with E-state index in [1.54, 1.807) is 0 Å². The van der Waals surface area contributed by atoms with E-state index in [4.69, 9.17) is 22.1 Å². The van der Waals surface area contributed by atoms with E-state index in [1.165, 1.54) is 0 Å². The molecule has 108 valence electrons. The summed E-state index contributed by atoms with van der Waals surface area (Å²) in [5.74, 6) is 1.33. The van der Waals surface area contributed by atoms with Crippen LogP contribution in [-0.4, -0.2) is 37.2 Å². The number of nitrogens with zero attached hydrogens (tertiary/aromatic N) is 1. The molecule has 1 aliphatic heterocycles. The Morgan fingerprint density at radius 2 is 2.16 bits per heavy atom. The monoisotopic (exact) mass is 304 g/mol. The highest BCUT2D eigenvalue weighted by Crippen LogP contribution is 2.23. The van der Waals surface area contributed by atoms with Crippen LogP contribution in [0.25, 0.3) is 0 Å². The van der Waals surface area contributed by atoms with Crippen molar-refractivity contribution in [2.75, 3.05) is 26.2 Å². The zero-order valence-corrected chi connectivity index (χ0v) is 12.8. The van der Waals surface area contributed by atoms with E-state index in [0.717, 1.165) is 31.8 Å². The third-order valence-corrected chi connectivity index (χ3v) is 3.87. The maximum absolute atomic E-state index is 6.03. The Kier molecular flexibility index (Phi) is 6.94. The van der Waals surface area contributed by atoms with Crippen LogP contribution in [0.3, 0.4) is 0 Å². The van der Waals surface area contributed by atoms with E-state index in [0.29, 0.717) is 23.6 Å². The lowest BCUT2D eigenvalue weighted by Gasteiger charge is -2.34. The van der Waals surface area contributed by atoms with Crippen LogP contribution in [0.1, 0.15) is 13.3 Å². The summed E-state index contributed by atoms with van der Waals surface area (Å²) in [4.78, 5) is 2.41. The Bertz CT molecular complexity index is 389. The van der Waals surface area contributed by atoms with Crippen LogP contribution < -0.4 is 10.5 Å². The van der Waals surface area contributed by atoms with Gasteiger partial charge in [-0.1, -0.05) is 30.7 Å². The Hall–Kier alpha value is -0.480. The van der Waals surface area contributed by atoms with Crippen LogP contribution in [0.15, 0.2) is 24.3 Å². The highest BCUT2D eigenvalue weighted by Gasteiger charge is 2.22. The Balaban J connectivity index is 0.00000180. The Morgan fingerprint density at radius 3 is 2.84 bits per heavy atom. The second-order valence-electron chi connectivity index (χ2n) is 5.01. The summed E-state index contributed by atoms with van der Waals surface area (Å²) < 4.78 is 5.70. The van der Waals surface area contributed by atoms with Crippen molar-refractivity contribution < 1.29 is 4.74 Å². The van der Waals surface area contributed by atoms with Crippen molar-refractivity contribution in [1.29, 1.82) is 0 Å². The normalized spacial score (nSPS) is 23.7. The number of hydrogen-bond donors (Lipinski definition) is 1. The highest BCUT2D eigenvalue weighted by atomic mass is 35.5. The van der Waals surface area contributed by atoms with E-state index in [9.17, 15) is 0 Å². The lowest BCUT2D eigenvalue weighted by Crippen LogP contribution is -2.46. The lowest BCUT2D eigenvalue weighted by atomic mass is 9.95. The van der Waals surface area contributed by atoms with E-state index in [1.807, 2.05) is 24.3 Å². The number of para-hydroxylation sites is 1. The molecule has 2 unspecified atom stereocenters. The van der Waals surface area contributed by atoms with Crippen LogP contribution >= 0.6 is 24.0 Å². The van der Waals surface area contributed by atoms with Crippen molar-refractivity contribution >= 4 is 24.0 Å². The molecule has 1 aliphatic rings. The first-order valence-electron chi connectivity index (χ1n) is 6.52. The fourth-order valence-electron chi connectivity index (χ4n) is 2.30. The predicted octanol–water partition coefficient (Wildman–Crippen LogP) is 2.81. The van der Waals surface area contributed by atoms with E-state index in [2.05, 4.69) is 11.8 Å². The number of halogens is 2. The van der Waals surface area contributed by atoms with Gasteiger partial charge in [0.2, 0.25) is 0 Å². The van der Waals surface area contributed by atoms with Gasteiger partial charge in [-0.3, -0.25) is 4.90 Å². The average Bonchev–Trinajstić information content (AvgIpc) is 2.36. The number of piperidine rings is 1. The minimum absolute atomic E-state index is 0. The molecular weight excluding hydrogens is 283 g/mol. The molecule has 2 N–H and O–H groups in total. The van der Waals surface area contributed by atoms with Gasteiger partial charge in [0, 0.05) is 19.1 Å². The molecule has 1 aromatic rings. The number of benzene rings is 1. The molecule has 0 spiro atoms. The van der Waals surface area contributed by atoms with Crippen molar-refractivity contribution in [2.45, 2.75) is 19.4 Å². The molecule has 0 amide bonds. The van der Waals surface area contributed by atoms with Crippen LogP contribution in [-0.2, 0) is 0 Å². The predicted molar refractivity (Wildman–Crippen MR) is 82.4 cm³/mol. The third-order valence-electron chi connectivity index (χ3n) is 3.56. The van der Waals surface area contributed by atoms with Gasteiger partial charge in [-0.15, -0.1) is 12.4 Å². The summed E-state index contributed by atoms with van der Waals surface area (Å²) in [6, 6.07) is 7.94. The van der Waals surface area contributed by atoms with Gasteiger partial charge in [-0.2, -0.15) is 0 Å². The minimum Gasteiger partial charge on any atom is -0.491 e. The van der Waals surface area contributed by atoms with E-state index >= 15 is 0 Å². The smallest absolute Gasteiger partial charge is 0.137 e. The van der Waals surface area contributed by atoms with Gasteiger partial charge in [0.1, 0.15) is 12.4 Å². The topological polar surface area (TPSA) is 38.5 Å². The van der Waals surface area contributed by atoms with Gasteiger partial charge in [-0.05, 0) is 31.0 Å². The first-order valence-corrected chi connectivity index (χ1v) is 6.90. The summed E-state index contributed by atoms with van der Waals surface area (Å²) >= 11 is 6.03. The quantitative estimate of drug-likeness (QED) is 0.929. The minimum atomic E-state index is 0. The standard InChI is InChI=1S/C14H21ClN2O.ClH/c1-11-10-17(7-6-13(11)16)8-9-18-14-5-3-2-4-12(14)15;/h2-5,11,13H,6-10,16H2,1H3;1H.